The summed E-state index contributed by atoms with van der Waals surface area (Å²) in [5.41, 5.74) is 11.7. The minimum Gasteiger partial charge on any atom is -0.309 e. The third kappa shape index (κ3) is 3.63. The summed E-state index contributed by atoms with van der Waals surface area (Å²) in [7, 11) is 0. The Morgan fingerprint density at radius 1 is 0.413 bits per heavy atom. The fourth-order valence-corrected chi connectivity index (χ4v) is 8.05. The van der Waals surface area contributed by atoms with Gasteiger partial charge in [-0.05, 0) is 102 Å². The van der Waals surface area contributed by atoms with Crippen LogP contribution in [-0.4, -0.2) is 4.57 Å². The second-order valence-electron chi connectivity index (χ2n) is 12.5. The lowest BCUT2D eigenvalue weighted by atomic mass is 9.75. The van der Waals surface area contributed by atoms with Crippen LogP contribution < -0.4 is 0 Å². The molecule has 9 aromatic rings. The summed E-state index contributed by atoms with van der Waals surface area (Å²) < 4.78 is 2.39. The first kappa shape index (κ1) is 25.4. The van der Waals surface area contributed by atoms with Crippen molar-refractivity contribution in [2.24, 2.45) is 0 Å². The van der Waals surface area contributed by atoms with Gasteiger partial charge < -0.3 is 4.57 Å². The highest BCUT2D eigenvalue weighted by molar-refractivity contribution is 6.24. The average molecular weight is 584 g/mol. The molecule has 0 saturated heterocycles. The van der Waals surface area contributed by atoms with Gasteiger partial charge in [-0.15, -0.1) is 0 Å². The summed E-state index contributed by atoms with van der Waals surface area (Å²) in [6, 6.07) is 57.9. The molecular weight excluding hydrogens is 555 g/mol. The van der Waals surface area contributed by atoms with Crippen molar-refractivity contribution >= 4 is 65.8 Å². The Bertz CT molecular complexity index is 2710. The number of allylic oxidation sites excluding steroid dienone is 1. The molecule has 0 spiro atoms. The average Bonchev–Trinajstić information content (AvgIpc) is 3.45. The second kappa shape index (κ2) is 9.79. The Labute approximate surface area is 267 Å². The van der Waals surface area contributed by atoms with E-state index in [0.717, 1.165) is 6.42 Å². The second-order valence-corrected chi connectivity index (χ2v) is 12.5. The van der Waals surface area contributed by atoms with E-state index in [1.165, 1.54) is 93.2 Å². The quantitative estimate of drug-likeness (QED) is 0.178. The molecule has 0 fully saturated rings. The molecule has 1 aromatic heterocycles. The number of hydrogen-bond donors (Lipinski definition) is 0. The Kier molecular flexibility index (Phi) is 5.41. The Hall–Kier alpha value is -5.92. The van der Waals surface area contributed by atoms with Crippen molar-refractivity contribution in [2.45, 2.75) is 6.42 Å². The van der Waals surface area contributed by atoms with Crippen molar-refractivity contribution < 1.29 is 0 Å². The summed E-state index contributed by atoms with van der Waals surface area (Å²) in [4.78, 5) is 0. The lowest BCUT2D eigenvalue weighted by Gasteiger charge is -2.28. The number of benzene rings is 8. The van der Waals surface area contributed by atoms with Crippen LogP contribution in [0.2, 0.25) is 0 Å². The van der Waals surface area contributed by atoms with Gasteiger partial charge in [-0.25, -0.2) is 0 Å². The van der Waals surface area contributed by atoms with Crippen molar-refractivity contribution in [2.75, 3.05) is 0 Å². The first-order chi connectivity index (χ1) is 22.8. The van der Waals surface area contributed by atoms with Gasteiger partial charge >= 0.3 is 0 Å². The van der Waals surface area contributed by atoms with Gasteiger partial charge in [0.15, 0.2) is 0 Å². The van der Waals surface area contributed by atoms with Gasteiger partial charge in [0.05, 0.1) is 11.0 Å². The highest BCUT2D eigenvalue weighted by Crippen LogP contribution is 2.50. The van der Waals surface area contributed by atoms with Crippen LogP contribution in [0.5, 0.6) is 0 Å². The van der Waals surface area contributed by atoms with Gasteiger partial charge in [0, 0.05) is 16.5 Å². The van der Waals surface area contributed by atoms with Gasteiger partial charge in [0.25, 0.3) is 0 Å². The monoisotopic (exact) mass is 583 g/mol. The Morgan fingerprint density at radius 3 is 1.80 bits per heavy atom. The van der Waals surface area contributed by atoms with Crippen LogP contribution in [0.15, 0.2) is 158 Å². The van der Waals surface area contributed by atoms with Crippen molar-refractivity contribution in [3.05, 3.63) is 174 Å². The van der Waals surface area contributed by atoms with Gasteiger partial charge in [0.2, 0.25) is 0 Å². The lowest BCUT2D eigenvalue weighted by molar-refractivity contribution is 1.18. The summed E-state index contributed by atoms with van der Waals surface area (Å²) in [5.74, 6) is 0. The summed E-state index contributed by atoms with van der Waals surface area (Å²) in [6.45, 7) is 0. The molecular formula is C45H29N. The summed E-state index contributed by atoms with van der Waals surface area (Å²) >= 11 is 0. The predicted octanol–water partition coefficient (Wildman–Crippen LogP) is 12.0. The van der Waals surface area contributed by atoms with E-state index in [2.05, 4.69) is 168 Å². The maximum atomic E-state index is 2.45. The fraction of sp³-hybridized carbons (Fsp3) is 0.0222. The van der Waals surface area contributed by atoms with Gasteiger partial charge in [-0.1, -0.05) is 133 Å². The van der Waals surface area contributed by atoms with E-state index in [0.29, 0.717) is 0 Å². The molecule has 1 heterocycles. The van der Waals surface area contributed by atoms with Gasteiger partial charge in [-0.3, -0.25) is 0 Å². The maximum absolute atomic E-state index is 2.45. The molecule has 1 heteroatoms. The molecule has 0 unspecified atom stereocenters. The van der Waals surface area contributed by atoms with E-state index in [4.69, 9.17) is 0 Å². The molecule has 0 bridgehead atoms. The largest absolute Gasteiger partial charge is 0.309 e. The number of nitrogens with zero attached hydrogens (tertiary/aromatic N) is 1. The molecule has 1 aliphatic rings. The lowest BCUT2D eigenvalue weighted by Crippen LogP contribution is -2.06. The molecule has 0 radical (unpaired) electrons. The van der Waals surface area contributed by atoms with Crippen LogP contribution in [0.4, 0.5) is 0 Å². The minimum absolute atomic E-state index is 0.888. The van der Waals surface area contributed by atoms with Crippen molar-refractivity contribution in [1.29, 1.82) is 0 Å². The van der Waals surface area contributed by atoms with Crippen molar-refractivity contribution in [1.82, 2.24) is 4.57 Å². The van der Waals surface area contributed by atoms with E-state index in [1.807, 2.05) is 0 Å². The van der Waals surface area contributed by atoms with E-state index >= 15 is 0 Å². The van der Waals surface area contributed by atoms with Crippen molar-refractivity contribution in [3.63, 3.8) is 0 Å². The van der Waals surface area contributed by atoms with Gasteiger partial charge in [0.1, 0.15) is 0 Å². The topological polar surface area (TPSA) is 4.93 Å². The number of rotatable bonds is 2. The van der Waals surface area contributed by atoms with Crippen LogP contribution >= 0.6 is 0 Å². The third-order valence-corrected chi connectivity index (χ3v) is 9.95. The molecule has 0 N–H and O–H groups in total. The van der Waals surface area contributed by atoms with Crippen LogP contribution in [0.1, 0.15) is 16.7 Å². The van der Waals surface area contributed by atoms with Gasteiger partial charge in [-0.2, -0.15) is 0 Å². The standard InChI is InChI=1S/C45H29N/c1-2-13-33(14-3-1)46-41-21-11-10-18-37(41)40-27-29(22-25-42(40)46)26-32-28-31-24-23-30-12-4-5-15-34(30)43(31)45-39-20-9-7-17-36(39)35-16-6-8-19-38(35)44(32)45/h1-27H,28H2/b32-26-. The predicted molar refractivity (Wildman–Crippen MR) is 197 cm³/mol. The summed E-state index contributed by atoms with van der Waals surface area (Å²) in [6.07, 6.45) is 3.34. The van der Waals surface area contributed by atoms with Crippen LogP contribution in [0.25, 0.3) is 82.6 Å². The van der Waals surface area contributed by atoms with Crippen LogP contribution in [0.3, 0.4) is 0 Å². The van der Waals surface area contributed by atoms with Crippen LogP contribution in [0, 0.1) is 0 Å². The maximum Gasteiger partial charge on any atom is 0.0541 e. The summed E-state index contributed by atoms with van der Waals surface area (Å²) in [5, 5.41) is 10.4. The number of fused-ring (bicyclic) bond motifs is 13. The van der Waals surface area contributed by atoms with E-state index in [9.17, 15) is 0 Å². The SMILES string of the molecule is C(=C1\Cc2ccc3ccccc3c2-c2c1c1ccccc1c1ccccc21)/c1ccc2c(c1)c1ccccc1n2-c1ccccc1. The normalized spacial score (nSPS) is 13.6. The van der Waals surface area contributed by atoms with E-state index in [1.54, 1.807) is 0 Å². The zero-order valence-electron chi connectivity index (χ0n) is 25.2. The van der Waals surface area contributed by atoms with Crippen molar-refractivity contribution in [3.8, 4) is 16.8 Å². The number of para-hydroxylation sites is 2. The number of aromatic nitrogens is 1. The number of hydrogen-bond acceptors (Lipinski definition) is 0. The highest BCUT2D eigenvalue weighted by Gasteiger charge is 2.27. The Morgan fingerprint density at radius 2 is 1.02 bits per heavy atom. The molecule has 8 aromatic carbocycles. The third-order valence-electron chi connectivity index (χ3n) is 9.95. The molecule has 0 amide bonds. The first-order valence-electron chi connectivity index (χ1n) is 16.1. The molecule has 46 heavy (non-hydrogen) atoms. The molecule has 10 rings (SSSR count). The van der Waals surface area contributed by atoms with E-state index < -0.39 is 0 Å². The smallest absolute Gasteiger partial charge is 0.0541 e. The fourth-order valence-electron chi connectivity index (χ4n) is 8.05. The molecule has 214 valence electrons. The zero-order chi connectivity index (χ0) is 30.2. The molecule has 0 atom stereocenters. The highest BCUT2D eigenvalue weighted by atomic mass is 15.0. The zero-order valence-corrected chi connectivity index (χ0v) is 25.2. The Balaban J connectivity index is 1.28. The first-order valence-corrected chi connectivity index (χ1v) is 16.1. The molecule has 1 nitrogen and oxygen atoms in total. The van der Waals surface area contributed by atoms with E-state index in [-0.39, 0.29) is 0 Å². The minimum atomic E-state index is 0.888. The molecule has 1 aliphatic carbocycles. The van der Waals surface area contributed by atoms with Crippen LogP contribution in [-0.2, 0) is 6.42 Å². The molecule has 0 saturated carbocycles. The molecule has 0 aliphatic heterocycles.